The number of ether oxygens (including phenoxy) is 3. The second-order valence-corrected chi connectivity index (χ2v) is 5.53. The van der Waals surface area contributed by atoms with Crippen LogP contribution in [0.4, 0.5) is 11.4 Å². The van der Waals surface area contributed by atoms with Gasteiger partial charge in [0.05, 0.1) is 32.0 Å². The maximum Gasteiger partial charge on any atom is 0.226 e. The van der Waals surface area contributed by atoms with Crippen LogP contribution in [0.5, 0.6) is 17.2 Å². The van der Waals surface area contributed by atoms with E-state index < -0.39 is 0 Å². The van der Waals surface area contributed by atoms with Crippen molar-refractivity contribution in [2.75, 3.05) is 38.5 Å². The summed E-state index contributed by atoms with van der Waals surface area (Å²) in [5.74, 6) is 1.29. The van der Waals surface area contributed by atoms with Gasteiger partial charge in [-0.05, 0) is 12.1 Å². The molecule has 25 heavy (non-hydrogen) atoms. The van der Waals surface area contributed by atoms with E-state index in [1.807, 2.05) is 18.2 Å². The van der Waals surface area contributed by atoms with E-state index in [1.165, 1.54) is 21.3 Å². The van der Waals surface area contributed by atoms with E-state index in [9.17, 15) is 4.79 Å². The molecule has 0 saturated heterocycles. The molecule has 7 heteroatoms. The molecule has 0 spiro atoms. The predicted octanol–water partition coefficient (Wildman–Crippen LogP) is 3.81. The SMILES string of the molecule is COc1cc(NC(=O)CCNc2ccccc2Cl)cc(OC)c1OC. The van der Waals surface area contributed by atoms with Crippen molar-refractivity contribution in [3.63, 3.8) is 0 Å². The van der Waals surface area contributed by atoms with Gasteiger partial charge >= 0.3 is 0 Å². The minimum atomic E-state index is -0.145. The van der Waals surface area contributed by atoms with Crippen molar-refractivity contribution >= 4 is 28.9 Å². The van der Waals surface area contributed by atoms with Crippen LogP contribution >= 0.6 is 11.6 Å². The molecule has 6 nitrogen and oxygen atoms in total. The smallest absolute Gasteiger partial charge is 0.226 e. The van der Waals surface area contributed by atoms with Gasteiger partial charge in [0.15, 0.2) is 11.5 Å². The number of para-hydroxylation sites is 1. The lowest BCUT2D eigenvalue weighted by molar-refractivity contribution is -0.115. The third-order valence-electron chi connectivity index (χ3n) is 3.49. The number of anilines is 2. The fraction of sp³-hybridized carbons (Fsp3) is 0.278. The van der Waals surface area contributed by atoms with E-state index in [2.05, 4.69) is 10.6 Å². The molecule has 2 N–H and O–H groups in total. The van der Waals surface area contributed by atoms with E-state index in [0.717, 1.165) is 5.69 Å². The number of benzene rings is 2. The van der Waals surface area contributed by atoms with Gasteiger partial charge in [-0.1, -0.05) is 23.7 Å². The van der Waals surface area contributed by atoms with Crippen molar-refractivity contribution < 1.29 is 19.0 Å². The van der Waals surface area contributed by atoms with Crippen LogP contribution in [0.2, 0.25) is 5.02 Å². The van der Waals surface area contributed by atoms with Gasteiger partial charge in [-0.15, -0.1) is 0 Å². The number of methoxy groups -OCH3 is 3. The summed E-state index contributed by atoms with van der Waals surface area (Å²) >= 11 is 6.06. The van der Waals surface area contributed by atoms with Gasteiger partial charge in [-0.3, -0.25) is 4.79 Å². The molecule has 2 aromatic carbocycles. The summed E-state index contributed by atoms with van der Waals surface area (Å²) in [6, 6.07) is 10.7. The zero-order chi connectivity index (χ0) is 18.2. The second kappa shape index (κ2) is 9.03. The number of hydrogen-bond donors (Lipinski definition) is 2. The standard InChI is InChI=1S/C18H21ClN2O4/c1-23-15-10-12(11-16(24-2)18(15)25-3)21-17(22)8-9-20-14-7-5-4-6-13(14)19/h4-7,10-11,20H,8-9H2,1-3H3,(H,21,22). The molecule has 0 bridgehead atoms. The first kappa shape index (κ1) is 18.7. The molecule has 0 aliphatic heterocycles. The molecule has 0 saturated carbocycles. The van der Waals surface area contributed by atoms with Gasteiger partial charge in [0, 0.05) is 30.8 Å². The van der Waals surface area contributed by atoms with Crippen LogP contribution in [0.3, 0.4) is 0 Å². The van der Waals surface area contributed by atoms with Crippen molar-refractivity contribution in [1.29, 1.82) is 0 Å². The molecule has 0 fully saturated rings. The molecular formula is C18H21ClN2O4. The maximum absolute atomic E-state index is 12.1. The normalized spacial score (nSPS) is 10.1. The fourth-order valence-corrected chi connectivity index (χ4v) is 2.49. The Labute approximate surface area is 152 Å². The van der Waals surface area contributed by atoms with Gasteiger partial charge in [0.2, 0.25) is 11.7 Å². The summed E-state index contributed by atoms with van der Waals surface area (Å²) < 4.78 is 15.8. The molecule has 0 aliphatic carbocycles. The van der Waals surface area contributed by atoms with E-state index in [-0.39, 0.29) is 12.3 Å². The monoisotopic (exact) mass is 364 g/mol. The first-order valence-corrected chi connectivity index (χ1v) is 8.05. The number of carbonyl (C=O) groups excluding carboxylic acids is 1. The third-order valence-corrected chi connectivity index (χ3v) is 3.82. The van der Waals surface area contributed by atoms with Crippen LogP contribution < -0.4 is 24.8 Å². The molecule has 0 unspecified atom stereocenters. The first-order chi connectivity index (χ1) is 12.1. The van der Waals surface area contributed by atoms with Crippen molar-refractivity contribution in [3.8, 4) is 17.2 Å². The largest absolute Gasteiger partial charge is 0.493 e. The van der Waals surface area contributed by atoms with Gasteiger partial charge in [-0.25, -0.2) is 0 Å². The van der Waals surface area contributed by atoms with E-state index >= 15 is 0 Å². The molecule has 2 aromatic rings. The number of amides is 1. The molecule has 1 amide bonds. The Morgan fingerprint density at radius 1 is 1.04 bits per heavy atom. The van der Waals surface area contributed by atoms with E-state index in [4.69, 9.17) is 25.8 Å². The van der Waals surface area contributed by atoms with E-state index in [1.54, 1.807) is 18.2 Å². The molecule has 0 atom stereocenters. The first-order valence-electron chi connectivity index (χ1n) is 7.67. The summed E-state index contributed by atoms with van der Waals surface area (Å²) in [4.78, 5) is 12.1. The number of hydrogen-bond acceptors (Lipinski definition) is 5. The number of carbonyl (C=O) groups is 1. The molecule has 0 aromatic heterocycles. The van der Waals surface area contributed by atoms with Gasteiger partial charge in [-0.2, -0.15) is 0 Å². The summed E-state index contributed by atoms with van der Waals surface area (Å²) in [6.07, 6.45) is 0.280. The van der Waals surface area contributed by atoms with Gasteiger partial charge in [0.25, 0.3) is 0 Å². The number of rotatable bonds is 8. The van der Waals surface area contributed by atoms with Crippen LogP contribution in [0.25, 0.3) is 0 Å². The average Bonchev–Trinajstić information content (AvgIpc) is 2.62. The van der Waals surface area contributed by atoms with E-state index in [0.29, 0.717) is 34.5 Å². The lowest BCUT2D eigenvalue weighted by atomic mass is 10.2. The van der Waals surface area contributed by atoms with Crippen molar-refractivity contribution in [3.05, 3.63) is 41.4 Å². The fourth-order valence-electron chi connectivity index (χ4n) is 2.29. The van der Waals surface area contributed by atoms with Crippen LogP contribution in [-0.4, -0.2) is 33.8 Å². The third kappa shape index (κ3) is 4.93. The molecule has 0 aliphatic rings. The minimum absolute atomic E-state index is 0.145. The lowest BCUT2D eigenvalue weighted by Crippen LogP contribution is -2.16. The Kier molecular flexibility index (Phi) is 6.77. The molecule has 0 heterocycles. The Bertz CT molecular complexity index is 712. The van der Waals surface area contributed by atoms with Crippen molar-refractivity contribution in [2.45, 2.75) is 6.42 Å². The van der Waals surface area contributed by atoms with Crippen molar-refractivity contribution in [1.82, 2.24) is 0 Å². The highest BCUT2D eigenvalue weighted by Gasteiger charge is 2.14. The highest BCUT2D eigenvalue weighted by atomic mass is 35.5. The maximum atomic E-state index is 12.1. The zero-order valence-corrected chi connectivity index (χ0v) is 15.1. The van der Waals surface area contributed by atoms with Crippen LogP contribution in [0.15, 0.2) is 36.4 Å². The lowest BCUT2D eigenvalue weighted by Gasteiger charge is -2.14. The summed E-state index contributed by atoms with van der Waals surface area (Å²) in [6.45, 7) is 0.458. The Morgan fingerprint density at radius 2 is 1.68 bits per heavy atom. The van der Waals surface area contributed by atoms with Gasteiger partial charge < -0.3 is 24.8 Å². The highest BCUT2D eigenvalue weighted by molar-refractivity contribution is 6.33. The van der Waals surface area contributed by atoms with Crippen LogP contribution in [0.1, 0.15) is 6.42 Å². The average molecular weight is 365 g/mol. The summed E-state index contributed by atoms with van der Waals surface area (Å²) in [7, 11) is 4.58. The Morgan fingerprint density at radius 3 is 2.24 bits per heavy atom. The topological polar surface area (TPSA) is 68.8 Å². The number of nitrogens with one attached hydrogen (secondary N) is 2. The highest BCUT2D eigenvalue weighted by Crippen LogP contribution is 2.39. The van der Waals surface area contributed by atoms with Crippen LogP contribution in [0, 0.1) is 0 Å². The van der Waals surface area contributed by atoms with Crippen molar-refractivity contribution in [2.24, 2.45) is 0 Å². The molecule has 2 rings (SSSR count). The molecule has 0 radical (unpaired) electrons. The number of halogens is 1. The minimum Gasteiger partial charge on any atom is -0.493 e. The van der Waals surface area contributed by atoms with Gasteiger partial charge in [0.1, 0.15) is 0 Å². The molecule has 134 valence electrons. The Hall–Kier alpha value is -2.60. The predicted molar refractivity (Wildman–Crippen MR) is 99.3 cm³/mol. The zero-order valence-electron chi connectivity index (χ0n) is 14.4. The second-order valence-electron chi connectivity index (χ2n) is 5.12. The summed E-state index contributed by atoms with van der Waals surface area (Å²) in [5, 5.41) is 6.56. The summed E-state index contributed by atoms with van der Waals surface area (Å²) in [5.41, 5.74) is 1.36. The quantitative estimate of drug-likeness (QED) is 0.745. The Balaban J connectivity index is 1.97. The van der Waals surface area contributed by atoms with Crippen LogP contribution in [-0.2, 0) is 4.79 Å². The molecular weight excluding hydrogens is 344 g/mol.